The van der Waals surface area contributed by atoms with Crippen LogP contribution in [-0.2, 0) is 6.42 Å². The van der Waals surface area contributed by atoms with Gasteiger partial charge in [0.25, 0.3) is 0 Å². The number of nitrogens with zero attached hydrogens (tertiary/aromatic N) is 1. The van der Waals surface area contributed by atoms with E-state index < -0.39 is 0 Å². The Morgan fingerprint density at radius 3 is 2.85 bits per heavy atom. The molecular formula is C15H15BrClFN2. The largest absolute Gasteiger partial charge is 0.310 e. The van der Waals surface area contributed by atoms with Gasteiger partial charge in [-0.2, -0.15) is 0 Å². The van der Waals surface area contributed by atoms with Gasteiger partial charge < -0.3 is 5.32 Å². The first-order chi connectivity index (χ1) is 9.61. The number of likely N-dealkylation sites (N-methyl/N-ethyl adjacent to an activating group) is 1. The zero-order valence-corrected chi connectivity index (χ0v) is 13.4. The molecule has 1 aromatic carbocycles. The Kier molecular flexibility index (Phi) is 5.52. The van der Waals surface area contributed by atoms with Gasteiger partial charge >= 0.3 is 0 Å². The van der Waals surface area contributed by atoms with E-state index in [2.05, 4.69) is 26.2 Å². The molecule has 2 rings (SSSR count). The number of nitrogens with one attached hydrogen (secondary N) is 1. The van der Waals surface area contributed by atoms with Gasteiger partial charge in [0.05, 0.1) is 5.02 Å². The lowest BCUT2D eigenvalue weighted by molar-refractivity contribution is 0.527. The van der Waals surface area contributed by atoms with Gasteiger partial charge in [0.1, 0.15) is 5.82 Å². The number of hydrogen-bond acceptors (Lipinski definition) is 2. The van der Waals surface area contributed by atoms with Crippen molar-refractivity contribution in [3.63, 3.8) is 0 Å². The van der Waals surface area contributed by atoms with Crippen LogP contribution in [0.2, 0.25) is 5.02 Å². The van der Waals surface area contributed by atoms with E-state index in [-0.39, 0.29) is 11.9 Å². The molecule has 20 heavy (non-hydrogen) atoms. The third kappa shape index (κ3) is 3.78. The molecule has 0 aliphatic heterocycles. The van der Waals surface area contributed by atoms with Gasteiger partial charge in [-0.15, -0.1) is 0 Å². The molecule has 0 aliphatic carbocycles. The van der Waals surface area contributed by atoms with Gasteiger partial charge in [0.2, 0.25) is 0 Å². The SMILES string of the molecule is CCNC(Cc1ccc(Br)cc1F)c1ccncc1Cl. The highest BCUT2D eigenvalue weighted by Crippen LogP contribution is 2.26. The minimum Gasteiger partial charge on any atom is -0.310 e. The molecule has 106 valence electrons. The van der Waals surface area contributed by atoms with Crippen molar-refractivity contribution in [2.24, 2.45) is 0 Å². The van der Waals surface area contributed by atoms with Crippen molar-refractivity contribution in [1.29, 1.82) is 0 Å². The Hall–Kier alpha value is -0.970. The predicted molar refractivity (Wildman–Crippen MR) is 83.5 cm³/mol. The summed E-state index contributed by atoms with van der Waals surface area (Å²) in [4.78, 5) is 3.98. The van der Waals surface area contributed by atoms with Gasteiger partial charge in [-0.25, -0.2) is 4.39 Å². The number of benzene rings is 1. The third-order valence-corrected chi connectivity index (χ3v) is 3.88. The Bertz CT molecular complexity index is 592. The third-order valence-electron chi connectivity index (χ3n) is 3.07. The number of aromatic nitrogens is 1. The van der Waals surface area contributed by atoms with E-state index in [1.165, 1.54) is 6.07 Å². The second kappa shape index (κ2) is 7.16. The summed E-state index contributed by atoms with van der Waals surface area (Å²) in [6, 6.07) is 6.94. The van der Waals surface area contributed by atoms with Crippen LogP contribution in [0, 0.1) is 5.82 Å². The maximum atomic E-state index is 14.0. The molecule has 1 N–H and O–H groups in total. The molecule has 1 aromatic heterocycles. The van der Waals surface area contributed by atoms with Gasteiger partial charge in [0.15, 0.2) is 0 Å². The average molecular weight is 358 g/mol. The van der Waals surface area contributed by atoms with E-state index in [0.717, 1.165) is 16.6 Å². The van der Waals surface area contributed by atoms with Gasteiger partial charge in [-0.1, -0.05) is 40.5 Å². The zero-order valence-electron chi connectivity index (χ0n) is 11.0. The molecule has 0 spiro atoms. The first-order valence-corrected chi connectivity index (χ1v) is 7.55. The van der Waals surface area contributed by atoms with Crippen molar-refractivity contribution in [2.45, 2.75) is 19.4 Å². The van der Waals surface area contributed by atoms with Crippen LogP contribution < -0.4 is 5.32 Å². The quantitative estimate of drug-likeness (QED) is 0.850. The van der Waals surface area contributed by atoms with Crippen LogP contribution in [0.1, 0.15) is 24.1 Å². The van der Waals surface area contributed by atoms with Crippen LogP contribution in [0.5, 0.6) is 0 Å². The number of hydrogen-bond donors (Lipinski definition) is 1. The summed E-state index contributed by atoms with van der Waals surface area (Å²) in [5.41, 5.74) is 1.60. The fourth-order valence-corrected chi connectivity index (χ4v) is 2.70. The molecule has 0 saturated heterocycles. The molecule has 0 saturated carbocycles. The van der Waals surface area contributed by atoms with Crippen LogP contribution in [-0.4, -0.2) is 11.5 Å². The fourth-order valence-electron chi connectivity index (χ4n) is 2.11. The standard InChI is InChI=1S/C15H15BrClFN2/c1-2-20-15(12-5-6-19-9-13(12)17)7-10-3-4-11(16)8-14(10)18/h3-6,8-9,15,20H,2,7H2,1H3. The van der Waals surface area contributed by atoms with E-state index in [1.54, 1.807) is 18.5 Å². The van der Waals surface area contributed by atoms with Crippen LogP contribution in [0.15, 0.2) is 41.1 Å². The van der Waals surface area contributed by atoms with E-state index >= 15 is 0 Å². The van der Waals surface area contributed by atoms with Crippen molar-refractivity contribution in [3.05, 3.63) is 63.1 Å². The molecular weight excluding hydrogens is 343 g/mol. The number of rotatable bonds is 5. The molecule has 1 atom stereocenters. The molecule has 5 heteroatoms. The van der Waals surface area contributed by atoms with Crippen molar-refractivity contribution >= 4 is 27.5 Å². The normalized spacial score (nSPS) is 12.4. The topological polar surface area (TPSA) is 24.9 Å². The van der Waals surface area contributed by atoms with Gasteiger partial charge in [0, 0.05) is 22.9 Å². The average Bonchev–Trinajstić information content (AvgIpc) is 2.42. The maximum Gasteiger partial charge on any atom is 0.127 e. The monoisotopic (exact) mass is 356 g/mol. The van der Waals surface area contributed by atoms with Crippen molar-refractivity contribution in [3.8, 4) is 0 Å². The Morgan fingerprint density at radius 2 is 2.20 bits per heavy atom. The predicted octanol–water partition coefficient (Wildman–Crippen LogP) is 4.53. The van der Waals surface area contributed by atoms with Crippen LogP contribution in [0.3, 0.4) is 0 Å². The molecule has 0 amide bonds. The molecule has 0 radical (unpaired) electrons. The minimum atomic E-state index is -0.215. The summed E-state index contributed by atoms with van der Waals surface area (Å²) in [7, 11) is 0. The van der Waals surface area contributed by atoms with E-state index in [0.29, 0.717) is 17.0 Å². The van der Waals surface area contributed by atoms with E-state index in [9.17, 15) is 4.39 Å². The Labute approximate surface area is 131 Å². The summed E-state index contributed by atoms with van der Waals surface area (Å²) < 4.78 is 14.7. The first kappa shape index (κ1) is 15.4. The molecule has 2 aromatic rings. The smallest absolute Gasteiger partial charge is 0.127 e. The second-order valence-electron chi connectivity index (χ2n) is 4.45. The molecule has 1 unspecified atom stereocenters. The summed E-state index contributed by atoms with van der Waals surface area (Å²) in [6.45, 7) is 2.79. The van der Waals surface area contributed by atoms with Crippen LogP contribution in [0.25, 0.3) is 0 Å². The van der Waals surface area contributed by atoms with Gasteiger partial charge in [-0.05, 0) is 42.3 Å². The Morgan fingerprint density at radius 1 is 1.40 bits per heavy atom. The van der Waals surface area contributed by atoms with Crippen molar-refractivity contribution in [2.75, 3.05) is 6.54 Å². The molecule has 0 fully saturated rings. The fraction of sp³-hybridized carbons (Fsp3) is 0.267. The summed E-state index contributed by atoms with van der Waals surface area (Å²) in [6.07, 6.45) is 3.85. The highest BCUT2D eigenvalue weighted by atomic mass is 79.9. The minimum absolute atomic E-state index is 0.0359. The molecule has 1 heterocycles. The van der Waals surface area contributed by atoms with Gasteiger partial charge in [-0.3, -0.25) is 4.98 Å². The van der Waals surface area contributed by atoms with E-state index in [1.807, 2.05) is 19.1 Å². The number of pyridine rings is 1. The maximum absolute atomic E-state index is 14.0. The van der Waals surface area contributed by atoms with Crippen LogP contribution >= 0.6 is 27.5 Å². The first-order valence-electron chi connectivity index (χ1n) is 6.38. The lowest BCUT2D eigenvalue weighted by Gasteiger charge is -2.20. The highest BCUT2D eigenvalue weighted by Gasteiger charge is 2.16. The second-order valence-corrected chi connectivity index (χ2v) is 5.77. The molecule has 0 bridgehead atoms. The molecule has 2 nitrogen and oxygen atoms in total. The zero-order chi connectivity index (χ0) is 14.5. The molecule has 0 aliphatic rings. The van der Waals surface area contributed by atoms with Crippen LogP contribution in [0.4, 0.5) is 4.39 Å². The summed E-state index contributed by atoms with van der Waals surface area (Å²) in [5.74, 6) is -0.215. The summed E-state index contributed by atoms with van der Waals surface area (Å²) >= 11 is 9.45. The summed E-state index contributed by atoms with van der Waals surface area (Å²) in [5, 5.41) is 3.93. The Balaban J connectivity index is 2.28. The highest BCUT2D eigenvalue weighted by molar-refractivity contribution is 9.10. The lowest BCUT2D eigenvalue weighted by Crippen LogP contribution is -2.23. The van der Waals surface area contributed by atoms with Crippen molar-refractivity contribution in [1.82, 2.24) is 10.3 Å². The lowest BCUT2D eigenvalue weighted by atomic mass is 9.99. The van der Waals surface area contributed by atoms with E-state index in [4.69, 9.17) is 11.6 Å². The number of halogens is 3. The van der Waals surface area contributed by atoms with Crippen molar-refractivity contribution < 1.29 is 4.39 Å².